The fourth-order valence-corrected chi connectivity index (χ4v) is 2.95. The van der Waals surface area contributed by atoms with Crippen LogP contribution in [0.15, 0.2) is 0 Å². The van der Waals surface area contributed by atoms with Gasteiger partial charge >= 0.3 is 0 Å². The maximum absolute atomic E-state index is 5.84. The van der Waals surface area contributed by atoms with Crippen molar-refractivity contribution in [2.45, 2.75) is 38.3 Å². The van der Waals surface area contributed by atoms with E-state index in [2.05, 4.69) is 11.8 Å². The topological polar surface area (TPSA) is 38.5 Å². The van der Waals surface area contributed by atoms with E-state index in [-0.39, 0.29) is 0 Å². The molecule has 4 heteroatoms. The number of rotatable bonds is 7. The maximum atomic E-state index is 5.84. The highest BCUT2D eigenvalue weighted by Crippen LogP contribution is 2.19. The van der Waals surface area contributed by atoms with Crippen molar-refractivity contribution >= 4 is 11.8 Å². The summed E-state index contributed by atoms with van der Waals surface area (Å²) in [6.45, 7) is 5.33. The van der Waals surface area contributed by atoms with Crippen molar-refractivity contribution in [1.82, 2.24) is 4.90 Å². The smallest absolute Gasteiger partial charge is 0.0599 e. The van der Waals surface area contributed by atoms with E-state index < -0.39 is 0 Å². The zero-order valence-electron chi connectivity index (χ0n) is 10.7. The SMILES string of the molecule is CCSCCCN1CCC(OC)CC1CN. The van der Waals surface area contributed by atoms with Gasteiger partial charge in [0.2, 0.25) is 0 Å². The molecule has 2 N–H and O–H groups in total. The van der Waals surface area contributed by atoms with E-state index in [4.69, 9.17) is 10.5 Å². The van der Waals surface area contributed by atoms with Crippen molar-refractivity contribution in [2.75, 3.05) is 38.2 Å². The van der Waals surface area contributed by atoms with Crippen LogP contribution in [0.25, 0.3) is 0 Å². The Bertz CT molecular complexity index is 180. The lowest BCUT2D eigenvalue weighted by Crippen LogP contribution is -2.48. The summed E-state index contributed by atoms with van der Waals surface area (Å²) in [5, 5.41) is 0. The minimum absolute atomic E-state index is 0.426. The average molecular weight is 246 g/mol. The van der Waals surface area contributed by atoms with Crippen LogP contribution in [0.2, 0.25) is 0 Å². The number of piperidine rings is 1. The first-order chi connectivity index (χ1) is 7.81. The summed E-state index contributed by atoms with van der Waals surface area (Å²) >= 11 is 2.03. The summed E-state index contributed by atoms with van der Waals surface area (Å²) in [7, 11) is 1.81. The van der Waals surface area contributed by atoms with Crippen molar-refractivity contribution in [3.05, 3.63) is 0 Å². The van der Waals surface area contributed by atoms with Gasteiger partial charge in [-0.2, -0.15) is 11.8 Å². The molecule has 2 unspecified atom stereocenters. The van der Waals surface area contributed by atoms with E-state index in [9.17, 15) is 0 Å². The molecule has 3 nitrogen and oxygen atoms in total. The van der Waals surface area contributed by atoms with Crippen LogP contribution in [-0.2, 0) is 4.74 Å². The Morgan fingerprint density at radius 3 is 2.94 bits per heavy atom. The van der Waals surface area contributed by atoms with Gasteiger partial charge < -0.3 is 10.5 Å². The van der Waals surface area contributed by atoms with E-state index in [0.29, 0.717) is 12.1 Å². The summed E-state index contributed by atoms with van der Waals surface area (Å²) in [5.74, 6) is 2.50. The summed E-state index contributed by atoms with van der Waals surface area (Å²) < 4.78 is 5.43. The zero-order valence-corrected chi connectivity index (χ0v) is 11.5. The lowest BCUT2D eigenvalue weighted by molar-refractivity contribution is 0.0135. The number of ether oxygens (including phenoxy) is 1. The number of hydrogen-bond acceptors (Lipinski definition) is 4. The molecule has 0 bridgehead atoms. The Hall–Kier alpha value is 0.230. The first-order valence-corrected chi connectivity index (χ1v) is 7.52. The highest BCUT2D eigenvalue weighted by Gasteiger charge is 2.26. The maximum Gasteiger partial charge on any atom is 0.0599 e. The summed E-state index contributed by atoms with van der Waals surface area (Å²) in [6.07, 6.45) is 3.98. The van der Waals surface area contributed by atoms with Gasteiger partial charge in [-0.3, -0.25) is 4.90 Å². The van der Waals surface area contributed by atoms with Crippen molar-refractivity contribution in [1.29, 1.82) is 0 Å². The van der Waals surface area contributed by atoms with Crippen molar-refractivity contribution < 1.29 is 4.74 Å². The molecule has 0 aliphatic carbocycles. The normalized spacial score (nSPS) is 27.2. The van der Waals surface area contributed by atoms with Gasteiger partial charge in [0.05, 0.1) is 6.10 Å². The van der Waals surface area contributed by atoms with Gasteiger partial charge in [-0.05, 0) is 37.3 Å². The number of thioether (sulfide) groups is 1. The van der Waals surface area contributed by atoms with Crippen LogP contribution in [-0.4, -0.2) is 55.3 Å². The fraction of sp³-hybridized carbons (Fsp3) is 1.00. The summed E-state index contributed by atoms with van der Waals surface area (Å²) in [4.78, 5) is 2.55. The second kappa shape index (κ2) is 8.34. The lowest BCUT2D eigenvalue weighted by Gasteiger charge is -2.38. The Morgan fingerprint density at radius 1 is 1.50 bits per heavy atom. The first kappa shape index (κ1) is 14.3. The van der Waals surface area contributed by atoms with Crippen molar-refractivity contribution in [2.24, 2.45) is 5.73 Å². The van der Waals surface area contributed by atoms with Crippen LogP contribution >= 0.6 is 11.8 Å². The molecule has 1 heterocycles. The predicted octanol–water partition coefficient (Wildman–Crippen LogP) is 1.57. The minimum Gasteiger partial charge on any atom is -0.381 e. The van der Waals surface area contributed by atoms with E-state index >= 15 is 0 Å². The standard InChI is InChI=1S/C12H26N2OS/c1-3-16-8-4-6-14-7-5-12(15-2)9-11(14)10-13/h11-12H,3-10,13H2,1-2H3. The molecule has 1 saturated heterocycles. The molecule has 1 rings (SSSR count). The molecule has 0 aromatic carbocycles. The zero-order chi connectivity index (χ0) is 11.8. The van der Waals surface area contributed by atoms with Gasteiger partial charge in [-0.15, -0.1) is 0 Å². The van der Waals surface area contributed by atoms with Gasteiger partial charge in [-0.25, -0.2) is 0 Å². The molecule has 0 aromatic rings. The molecule has 0 amide bonds. The Balaban J connectivity index is 2.24. The molecule has 16 heavy (non-hydrogen) atoms. The van der Waals surface area contributed by atoms with E-state index in [0.717, 1.165) is 25.9 Å². The number of nitrogens with two attached hydrogens (primary N) is 1. The quantitative estimate of drug-likeness (QED) is 0.692. The highest BCUT2D eigenvalue weighted by atomic mass is 32.2. The van der Waals surface area contributed by atoms with Gasteiger partial charge in [-0.1, -0.05) is 6.92 Å². The van der Waals surface area contributed by atoms with Crippen LogP contribution in [0.3, 0.4) is 0 Å². The number of methoxy groups -OCH3 is 1. The predicted molar refractivity (Wildman–Crippen MR) is 72.1 cm³/mol. The van der Waals surface area contributed by atoms with E-state index in [1.807, 2.05) is 18.9 Å². The molecular formula is C12H26N2OS. The molecule has 1 aliphatic heterocycles. The first-order valence-electron chi connectivity index (χ1n) is 6.36. The molecule has 0 aromatic heterocycles. The second-order valence-electron chi connectivity index (χ2n) is 4.36. The molecule has 1 aliphatic rings. The van der Waals surface area contributed by atoms with Crippen LogP contribution in [0.5, 0.6) is 0 Å². The van der Waals surface area contributed by atoms with Crippen molar-refractivity contribution in [3.63, 3.8) is 0 Å². The molecule has 0 spiro atoms. The van der Waals surface area contributed by atoms with Crippen LogP contribution in [0.4, 0.5) is 0 Å². The van der Waals surface area contributed by atoms with Crippen LogP contribution in [0, 0.1) is 0 Å². The Labute approximate surface area is 104 Å². The van der Waals surface area contributed by atoms with Gasteiger partial charge in [0, 0.05) is 26.2 Å². The van der Waals surface area contributed by atoms with Crippen molar-refractivity contribution in [3.8, 4) is 0 Å². The largest absolute Gasteiger partial charge is 0.381 e. The van der Waals surface area contributed by atoms with Gasteiger partial charge in [0.1, 0.15) is 0 Å². The molecule has 0 saturated carbocycles. The molecule has 96 valence electrons. The summed E-state index contributed by atoms with van der Waals surface area (Å²) in [5.41, 5.74) is 5.84. The van der Waals surface area contributed by atoms with E-state index in [1.54, 1.807) is 0 Å². The third-order valence-electron chi connectivity index (χ3n) is 3.33. The molecule has 2 atom stereocenters. The third-order valence-corrected chi connectivity index (χ3v) is 4.32. The van der Waals surface area contributed by atoms with Crippen LogP contribution in [0.1, 0.15) is 26.2 Å². The number of likely N-dealkylation sites (tertiary alicyclic amines) is 1. The third kappa shape index (κ3) is 4.62. The monoisotopic (exact) mass is 246 g/mol. The average Bonchev–Trinajstić information content (AvgIpc) is 2.34. The minimum atomic E-state index is 0.426. The second-order valence-corrected chi connectivity index (χ2v) is 5.75. The molecular weight excluding hydrogens is 220 g/mol. The lowest BCUT2D eigenvalue weighted by atomic mass is 9.99. The Kier molecular flexibility index (Phi) is 7.45. The molecule has 0 radical (unpaired) electrons. The number of hydrogen-bond donors (Lipinski definition) is 1. The molecule has 1 fully saturated rings. The highest BCUT2D eigenvalue weighted by molar-refractivity contribution is 7.99. The fourth-order valence-electron chi connectivity index (χ4n) is 2.33. The van der Waals surface area contributed by atoms with E-state index in [1.165, 1.54) is 24.5 Å². The van der Waals surface area contributed by atoms with Crippen LogP contribution < -0.4 is 5.73 Å². The van der Waals surface area contributed by atoms with Gasteiger partial charge in [0.25, 0.3) is 0 Å². The summed E-state index contributed by atoms with van der Waals surface area (Å²) in [6, 6.07) is 0.533. The van der Waals surface area contributed by atoms with Gasteiger partial charge in [0.15, 0.2) is 0 Å². The number of nitrogens with zero attached hydrogens (tertiary/aromatic N) is 1. The Morgan fingerprint density at radius 2 is 2.31 bits per heavy atom.